The molecule has 0 amide bonds. The number of piperazine rings is 1. The van der Waals surface area contributed by atoms with Gasteiger partial charge in [-0.2, -0.15) is 0 Å². The molecule has 1 N–H and O–H groups in total. The third-order valence-electron chi connectivity index (χ3n) is 8.25. The highest BCUT2D eigenvalue weighted by Crippen LogP contribution is 2.41. The summed E-state index contributed by atoms with van der Waals surface area (Å²) in [7, 11) is -3.78. The van der Waals surface area contributed by atoms with E-state index in [2.05, 4.69) is 31.4 Å². The van der Waals surface area contributed by atoms with Gasteiger partial charge in [-0.25, -0.2) is 27.2 Å². The molecule has 4 aromatic rings. The molecule has 42 heavy (non-hydrogen) atoms. The number of anilines is 2. The van der Waals surface area contributed by atoms with Crippen molar-refractivity contribution < 1.29 is 17.2 Å². The molecule has 8 nitrogen and oxygen atoms in total. The van der Waals surface area contributed by atoms with Gasteiger partial charge in [0, 0.05) is 73.5 Å². The summed E-state index contributed by atoms with van der Waals surface area (Å²) in [5.41, 5.74) is 3.67. The lowest BCUT2D eigenvalue weighted by Gasteiger charge is -2.37. The lowest BCUT2D eigenvalue weighted by Crippen LogP contribution is -2.47. The van der Waals surface area contributed by atoms with Gasteiger partial charge in [-0.3, -0.25) is 9.62 Å². The number of fused-ring (bicyclic) bond motifs is 1. The summed E-state index contributed by atoms with van der Waals surface area (Å²) in [4.78, 5) is 13.4. The summed E-state index contributed by atoms with van der Waals surface area (Å²) in [6.45, 7) is 8.84. The van der Waals surface area contributed by atoms with E-state index in [1.54, 1.807) is 25.5 Å². The van der Waals surface area contributed by atoms with E-state index in [0.29, 0.717) is 18.4 Å². The van der Waals surface area contributed by atoms with Crippen LogP contribution in [0.5, 0.6) is 0 Å². The standard InChI is InChI=1S/C31H36F2N6O2S/c1-3-15-42(40,41)36-26-8-7-25(32)31(30(26)33)39-19-24(22-16-34-20-35-17-22)29-23(4-2)27(9-10-28(29)39)38-13-11-37(12-14-38)18-21-5-6-21/h7-10,16-17,19-21,36H,3-6,11-15,18H2,1-2H3. The monoisotopic (exact) mass is 594 g/mol. The molecule has 222 valence electrons. The fourth-order valence-electron chi connectivity index (χ4n) is 6.05. The molecule has 2 fully saturated rings. The average molecular weight is 595 g/mol. The first-order chi connectivity index (χ1) is 20.3. The van der Waals surface area contributed by atoms with E-state index < -0.39 is 21.7 Å². The Kier molecular flexibility index (Phi) is 7.89. The van der Waals surface area contributed by atoms with Crippen molar-refractivity contribution in [1.82, 2.24) is 19.4 Å². The van der Waals surface area contributed by atoms with Crippen LogP contribution < -0.4 is 9.62 Å². The minimum atomic E-state index is -3.78. The minimum absolute atomic E-state index is 0.165. The van der Waals surface area contributed by atoms with Gasteiger partial charge in [0.15, 0.2) is 5.82 Å². The van der Waals surface area contributed by atoms with Gasteiger partial charge in [-0.1, -0.05) is 13.8 Å². The second-order valence-electron chi connectivity index (χ2n) is 11.3. The minimum Gasteiger partial charge on any atom is -0.369 e. The summed E-state index contributed by atoms with van der Waals surface area (Å²) < 4.78 is 60.1. The average Bonchev–Trinajstić information content (AvgIpc) is 3.72. The molecule has 0 radical (unpaired) electrons. The van der Waals surface area contributed by atoms with Crippen LogP contribution in [-0.2, 0) is 16.4 Å². The van der Waals surface area contributed by atoms with Gasteiger partial charge in [-0.15, -0.1) is 0 Å². The van der Waals surface area contributed by atoms with Crippen molar-refractivity contribution in [2.75, 3.05) is 48.1 Å². The molecule has 1 saturated carbocycles. The van der Waals surface area contributed by atoms with E-state index in [1.165, 1.54) is 30.3 Å². The second kappa shape index (κ2) is 11.6. The first kappa shape index (κ1) is 28.5. The molecule has 0 atom stereocenters. The normalized spacial score (nSPS) is 16.3. The number of hydrogen-bond acceptors (Lipinski definition) is 6. The predicted octanol–water partition coefficient (Wildman–Crippen LogP) is 5.61. The van der Waals surface area contributed by atoms with Crippen LogP contribution in [-0.4, -0.2) is 66.3 Å². The van der Waals surface area contributed by atoms with E-state index in [9.17, 15) is 8.42 Å². The third kappa shape index (κ3) is 5.59. The third-order valence-corrected chi connectivity index (χ3v) is 9.73. The molecule has 1 aliphatic carbocycles. The zero-order valence-corrected chi connectivity index (χ0v) is 24.8. The van der Waals surface area contributed by atoms with Crippen molar-refractivity contribution in [2.45, 2.75) is 39.5 Å². The zero-order valence-electron chi connectivity index (χ0n) is 24.0. The van der Waals surface area contributed by atoms with Crippen molar-refractivity contribution in [3.05, 3.63) is 66.4 Å². The van der Waals surface area contributed by atoms with E-state index in [0.717, 1.165) is 72.0 Å². The predicted molar refractivity (Wildman–Crippen MR) is 163 cm³/mol. The molecule has 3 heterocycles. The highest BCUT2D eigenvalue weighted by atomic mass is 32.2. The van der Waals surface area contributed by atoms with Crippen LogP contribution in [0.2, 0.25) is 0 Å². The number of sulfonamides is 1. The summed E-state index contributed by atoms with van der Waals surface area (Å²) >= 11 is 0. The largest absolute Gasteiger partial charge is 0.369 e. The van der Waals surface area contributed by atoms with Crippen LogP contribution in [0.1, 0.15) is 38.7 Å². The fraction of sp³-hybridized carbons (Fsp3) is 0.419. The maximum Gasteiger partial charge on any atom is 0.232 e. The molecular formula is C31H36F2N6O2S. The molecule has 1 saturated heterocycles. The van der Waals surface area contributed by atoms with Crippen molar-refractivity contribution >= 4 is 32.3 Å². The number of benzene rings is 2. The Morgan fingerprint density at radius 2 is 1.74 bits per heavy atom. The zero-order chi connectivity index (χ0) is 29.4. The summed E-state index contributed by atoms with van der Waals surface area (Å²) in [6, 6.07) is 6.16. The molecule has 6 rings (SSSR count). The Morgan fingerprint density at radius 1 is 1.00 bits per heavy atom. The molecule has 2 aromatic carbocycles. The van der Waals surface area contributed by atoms with Crippen LogP contribution >= 0.6 is 0 Å². The van der Waals surface area contributed by atoms with Crippen LogP contribution in [0.25, 0.3) is 27.7 Å². The molecule has 2 aliphatic rings. The molecule has 0 unspecified atom stereocenters. The van der Waals surface area contributed by atoms with E-state index >= 15 is 8.78 Å². The fourth-order valence-corrected chi connectivity index (χ4v) is 7.18. The quantitative estimate of drug-likeness (QED) is 0.257. The number of halogens is 2. The Labute approximate surface area is 245 Å². The molecule has 11 heteroatoms. The summed E-state index contributed by atoms with van der Waals surface area (Å²) in [6.07, 6.45) is 10.3. The van der Waals surface area contributed by atoms with Gasteiger partial charge in [0.2, 0.25) is 10.0 Å². The number of aromatic nitrogens is 3. The highest BCUT2D eigenvalue weighted by molar-refractivity contribution is 7.92. The van der Waals surface area contributed by atoms with Crippen LogP contribution in [0.3, 0.4) is 0 Å². The topological polar surface area (TPSA) is 83.4 Å². The van der Waals surface area contributed by atoms with E-state index in [4.69, 9.17) is 0 Å². The molecule has 0 bridgehead atoms. The van der Waals surface area contributed by atoms with Crippen LogP contribution in [0, 0.1) is 17.6 Å². The lowest BCUT2D eigenvalue weighted by atomic mass is 9.98. The Hall–Kier alpha value is -3.57. The molecule has 1 aliphatic heterocycles. The van der Waals surface area contributed by atoms with Gasteiger partial charge < -0.3 is 9.47 Å². The Bertz CT molecular complexity index is 1700. The molecule has 2 aromatic heterocycles. The van der Waals surface area contributed by atoms with Gasteiger partial charge in [0.05, 0.1) is 17.0 Å². The van der Waals surface area contributed by atoms with Crippen molar-refractivity contribution in [1.29, 1.82) is 0 Å². The van der Waals surface area contributed by atoms with Gasteiger partial charge in [0.25, 0.3) is 0 Å². The van der Waals surface area contributed by atoms with Gasteiger partial charge in [-0.05, 0) is 61.4 Å². The van der Waals surface area contributed by atoms with Gasteiger partial charge >= 0.3 is 0 Å². The number of rotatable bonds is 10. The first-order valence-corrected chi connectivity index (χ1v) is 16.3. The van der Waals surface area contributed by atoms with Crippen LogP contribution in [0.15, 0.2) is 49.2 Å². The van der Waals surface area contributed by atoms with Gasteiger partial charge in [0.1, 0.15) is 17.8 Å². The van der Waals surface area contributed by atoms with Crippen molar-refractivity contribution in [3.8, 4) is 16.8 Å². The van der Waals surface area contributed by atoms with Crippen molar-refractivity contribution in [2.24, 2.45) is 5.92 Å². The lowest BCUT2D eigenvalue weighted by molar-refractivity contribution is 0.248. The Morgan fingerprint density at radius 3 is 2.40 bits per heavy atom. The maximum atomic E-state index is 16.0. The molecule has 0 spiro atoms. The molecular weight excluding hydrogens is 558 g/mol. The number of nitrogens with zero attached hydrogens (tertiary/aromatic N) is 5. The van der Waals surface area contributed by atoms with E-state index in [-0.39, 0.29) is 17.1 Å². The smallest absolute Gasteiger partial charge is 0.232 e. The highest BCUT2D eigenvalue weighted by Gasteiger charge is 2.28. The number of aryl methyl sites for hydroxylation is 1. The SMILES string of the molecule is CCCS(=O)(=O)Nc1ccc(F)c(-n2cc(-c3cncnc3)c3c(CC)c(N4CCN(CC5CC5)CC4)ccc32)c1F. The Balaban J connectivity index is 1.48. The van der Waals surface area contributed by atoms with Crippen molar-refractivity contribution in [3.63, 3.8) is 0 Å². The second-order valence-corrected chi connectivity index (χ2v) is 13.1. The number of hydrogen-bond donors (Lipinski definition) is 1. The summed E-state index contributed by atoms with van der Waals surface area (Å²) in [5, 5.41) is 0.876. The van der Waals surface area contributed by atoms with E-state index in [1.807, 2.05) is 12.1 Å². The maximum absolute atomic E-state index is 16.0. The summed E-state index contributed by atoms with van der Waals surface area (Å²) in [5.74, 6) is -1.08. The van der Waals surface area contributed by atoms with Crippen LogP contribution in [0.4, 0.5) is 20.2 Å². The number of nitrogens with one attached hydrogen (secondary N) is 1. The first-order valence-electron chi connectivity index (χ1n) is 14.7.